The van der Waals surface area contributed by atoms with E-state index in [1.54, 1.807) is 12.1 Å². The van der Waals surface area contributed by atoms with Crippen LogP contribution in [0.4, 0.5) is 10.1 Å². The largest absolute Gasteiger partial charge is 0.381 e. The highest BCUT2D eigenvalue weighted by Gasteiger charge is 2.17. The van der Waals surface area contributed by atoms with E-state index >= 15 is 0 Å². The second-order valence-electron chi connectivity index (χ2n) is 5.91. The van der Waals surface area contributed by atoms with Crippen molar-refractivity contribution in [1.82, 2.24) is 5.32 Å². The minimum absolute atomic E-state index is 0.165. The Morgan fingerprint density at radius 2 is 2.29 bits per heavy atom. The van der Waals surface area contributed by atoms with Gasteiger partial charge in [-0.1, -0.05) is 6.92 Å². The van der Waals surface area contributed by atoms with Gasteiger partial charge in [-0.3, -0.25) is 0 Å². The van der Waals surface area contributed by atoms with Crippen molar-refractivity contribution in [2.24, 2.45) is 5.92 Å². The summed E-state index contributed by atoms with van der Waals surface area (Å²) in [5.74, 6) is 0.409. The maximum atomic E-state index is 13.5. The van der Waals surface area contributed by atoms with Crippen LogP contribution in [0.5, 0.6) is 0 Å². The molecule has 118 valence electrons. The van der Waals surface area contributed by atoms with Crippen molar-refractivity contribution < 1.29 is 9.13 Å². The van der Waals surface area contributed by atoms with Gasteiger partial charge in [0.2, 0.25) is 0 Å². The van der Waals surface area contributed by atoms with Gasteiger partial charge < -0.3 is 15.0 Å². The van der Waals surface area contributed by atoms with Crippen molar-refractivity contribution in [1.29, 1.82) is 0 Å². The lowest BCUT2D eigenvalue weighted by atomic mass is 10.0. The number of hydrogen-bond acceptors (Lipinski definition) is 3. The SMILES string of the molecule is CCCNCc1cc(F)ccc1N(C)CC1CCCOC1. The van der Waals surface area contributed by atoms with Crippen molar-refractivity contribution in [2.75, 3.05) is 38.3 Å². The summed E-state index contributed by atoms with van der Waals surface area (Å²) in [5.41, 5.74) is 2.15. The van der Waals surface area contributed by atoms with Crippen LogP contribution < -0.4 is 10.2 Å². The molecule has 0 radical (unpaired) electrons. The monoisotopic (exact) mass is 294 g/mol. The first kappa shape index (κ1) is 16.2. The molecule has 2 rings (SSSR count). The summed E-state index contributed by atoms with van der Waals surface area (Å²) in [6.45, 7) is 6.50. The first-order valence-corrected chi connectivity index (χ1v) is 7.98. The third-order valence-corrected chi connectivity index (χ3v) is 3.98. The molecule has 1 aliphatic rings. The molecule has 21 heavy (non-hydrogen) atoms. The number of nitrogens with zero attached hydrogens (tertiary/aromatic N) is 1. The van der Waals surface area contributed by atoms with E-state index in [4.69, 9.17) is 4.74 Å². The Balaban J connectivity index is 2.01. The molecule has 4 heteroatoms. The average Bonchev–Trinajstić information content (AvgIpc) is 2.48. The van der Waals surface area contributed by atoms with Gasteiger partial charge in [-0.05, 0) is 55.5 Å². The lowest BCUT2D eigenvalue weighted by Gasteiger charge is -2.29. The van der Waals surface area contributed by atoms with Gasteiger partial charge in [0.25, 0.3) is 0 Å². The molecule has 0 aromatic heterocycles. The number of nitrogens with one attached hydrogen (secondary N) is 1. The summed E-state index contributed by atoms with van der Waals surface area (Å²) in [4.78, 5) is 2.24. The number of ether oxygens (including phenoxy) is 1. The fourth-order valence-corrected chi connectivity index (χ4v) is 2.90. The summed E-state index contributed by atoms with van der Waals surface area (Å²) in [6.07, 6.45) is 3.45. The maximum Gasteiger partial charge on any atom is 0.123 e. The van der Waals surface area contributed by atoms with E-state index in [9.17, 15) is 4.39 Å². The third kappa shape index (κ3) is 4.97. The first-order valence-electron chi connectivity index (χ1n) is 7.98. The minimum Gasteiger partial charge on any atom is -0.381 e. The third-order valence-electron chi connectivity index (χ3n) is 3.98. The summed E-state index contributed by atoms with van der Waals surface area (Å²) in [5, 5.41) is 3.36. The van der Waals surface area contributed by atoms with Crippen molar-refractivity contribution in [3.05, 3.63) is 29.6 Å². The van der Waals surface area contributed by atoms with Crippen LogP contribution in [-0.4, -0.2) is 33.4 Å². The molecule has 1 heterocycles. The zero-order valence-electron chi connectivity index (χ0n) is 13.2. The highest BCUT2D eigenvalue weighted by atomic mass is 19.1. The standard InChI is InChI=1S/C17H27FN2O/c1-3-8-19-11-15-10-16(18)6-7-17(15)20(2)12-14-5-4-9-21-13-14/h6-7,10,14,19H,3-5,8-9,11-13H2,1-2H3. The predicted octanol–water partition coefficient (Wildman–Crippen LogP) is 3.19. The molecule has 1 N–H and O–H groups in total. The molecule has 1 aromatic rings. The normalized spacial score (nSPS) is 18.7. The molecule has 0 spiro atoms. The predicted molar refractivity (Wildman–Crippen MR) is 85.2 cm³/mol. The number of anilines is 1. The number of halogens is 1. The summed E-state index contributed by atoms with van der Waals surface area (Å²) in [7, 11) is 2.09. The maximum absolute atomic E-state index is 13.5. The van der Waals surface area contributed by atoms with E-state index in [2.05, 4.69) is 24.2 Å². The van der Waals surface area contributed by atoms with Crippen LogP contribution >= 0.6 is 0 Å². The van der Waals surface area contributed by atoms with Gasteiger partial charge >= 0.3 is 0 Å². The quantitative estimate of drug-likeness (QED) is 0.782. The van der Waals surface area contributed by atoms with Crippen LogP contribution in [0.1, 0.15) is 31.7 Å². The molecule has 0 amide bonds. The molecule has 1 saturated heterocycles. The molecule has 0 bridgehead atoms. The fourth-order valence-electron chi connectivity index (χ4n) is 2.90. The van der Waals surface area contributed by atoms with Crippen LogP contribution in [0.2, 0.25) is 0 Å². The molecular formula is C17H27FN2O. The zero-order valence-corrected chi connectivity index (χ0v) is 13.2. The highest BCUT2D eigenvalue weighted by molar-refractivity contribution is 5.53. The van der Waals surface area contributed by atoms with Crippen molar-refractivity contribution in [3.8, 4) is 0 Å². The lowest BCUT2D eigenvalue weighted by Crippen LogP contribution is -2.31. The Bertz CT molecular complexity index is 433. The average molecular weight is 294 g/mol. The molecule has 3 nitrogen and oxygen atoms in total. The van der Waals surface area contributed by atoms with Crippen LogP contribution in [0.15, 0.2) is 18.2 Å². The number of rotatable bonds is 7. The van der Waals surface area contributed by atoms with Crippen molar-refractivity contribution >= 4 is 5.69 Å². The smallest absolute Gasteiger partial charge is 0.123 e. The second-order valence-corrected chi connectivity index (χ2v) is 5.91. The lowest BCUT2D eigenvalue weighted by molar-refractivity contribution is 0.0576. The Hall–Kier alpha value is -1.13. The van der Waals surface area contributed by atoms with Gasteiger partial charge in [0.1, 0.15) is 5.82 Å². The van der Waals surface area contributed by atoms with Crippen LogP contribution in [0.25, 0.3) is 0 Å². The Kier molecular flexibility index (Phi) is 6.46. The van der Waals surface area contributed by atoms with Gasteiger partial charge in [0.15, 0.2) is 0 Å². The molecule has 1 fully saturated rings. The van der Waals surface area contributed by atoms with Gasteiger partial charge in [0, 0.05) is 32.4 Å². The van der Waals surface area contributed by atoms with E-state index in [0.717, 1.165) is 50.4 Å². The van der Waals surface area contributed by atoms with E-state index in [0.29, 0.717) is 12.5 Å². The number of benzene rings is 1. The van der Waals surface area contributed by atoms with Gasteiger partial charge in [-0.2, -0.15) is 0 Å². The van der Waals surface area contributed by atoms with Gasteiger partial charge in [-0.25, -0.2) is 4.39 Å². The van der Waals surface area contributed by atoms with Crippen LogP contribution in [0, 0.1) is 11.7 Å². The molecular weight excluding hydrogens is 267 g/mol. The Labute approximate surface area is 127 Å². The summed E-state index contributed by atoms with van der Waals surface area (Å²) >= 11 is 0. The van der Waals surface area contributed by atoms with Crippen LogP contribution in [-0.2, 0) is 11.3 Å². The molecule has 1 unspecified atom stereocenters. The number of hydrogen-bond donors (Lipinski definition) is 1. The summed E-state index contributed by atoms with van der Waals surface area (Å²) in [6, 6.07) is 5.08. The second kappa shape index (κ2) is 8.35. The fraction of sp³-hybridized carbons (Fsp3) is 0.647. The topological polar surface area (TPSA) is 24.5 Å². The highest BCUT2D eigenvalue weighted by Crippen LogP contribution is 2.23. The van der Waals surface area contributed by atoms with Crippen molar-refractivity contribution in [3.63, 3.8) is 0 Å². The Morgan fingerprint density at radius 1 is 1.43 bits per heavy atom. The molecule has 0 aliphatic carbocycles. The van der Waals surface area contributed by atoms with E-state index in [1.807, 2.05) is 6.07 Å². The minimum atomic E-state index is -0.165. The molecule has 1 aromatic carbocycles. The Morgan fingerprint density at radius 3 is 3.00 bits per heavy atom. The van der Waals surface area contributed by atoms with E-state index < -0.39 is 0 Å². The molecule has 1 atom stereocenters. The zero-order chi connectivity index (χ0) is 15.1. The molecule has 1 aliphatic heterocycles. The van der Waals surface area contributed by atoms with Crippen LogP contribution in [0.3, 0.4) is 0 Å². The van der Waals surface area contributed by atoms with Crippen molar-refractivity contribution in [2.45, 2.75) is 32.7 Å². The summed E-state index contributed by atoms with van der Waals surface area (Å²) < 4.78 is 19.1. The first-order chi connectivity index (χ1) is 10.2. The molecule has 0 saturated carbocycles. The van der Waals surface area contributed by atoms with E-state index in [1.165, 1.54) is 6.42 Å². The van der Waals surface area contributed by atoms with E-state index in [-0.39, 0.29) is 5.82 Å². The van der Waals surface area contributed by atoms with Gasteiger partial charge in [-0.15, -0.1) is 0 Å². The van der Waals surface area contributed by atoms with Gasteiger partial charge in [0.05, 0.1) is 6.61 Å².